The summed E-state index contributed by atoms with van der Waals surface area (Å²) >= 11 is 3.36. The molecule has 0 atom stereocenters. The Labute approximate surface area is 171 Å². The van der Waals surface area contributed by atoms with Crippen LogP contribution in [0.5, 0.6) is 0 Å². The number of halogens is 1. The molecule has 0 amide bonds. The second kappa shape index (κ2) is 8.57. The Morgan fingerprint density at radius 1 is 0.964 bits per heavy atom. The van der Waals surface area contributed by atoms with Crippen molar-refractivity contribution in [3.05, 3.63) is 63.9 Å². The molecule has 3 aromatic heterocycles. The predicted molar refractivity (Wildman–Crippen MR) is 110 cm³/mol. The van der Waals surface area contributed by atoms with Crippen LogP contribution in [0.4, 0.5) is 5.95 Å². The molecule has 1 fully saturated rings. The van der Waals surface area contributed by atoms with Crippen molar-refractivity contribution in [2.45, 2.75) is 6.54 Å². The van der Waals surface area contributed by atoms with Crippen LogP contribution < -0.4 is 10.5 Å². The van der Waals surface area contributed by atoms with Gasteiger partial charge in [0.2, 0.25) is 5.95 Å². The highest BCUT2D eigenvalue weighted by Crippen LogP contribution is 2.14. The molecule has 4 rings (SSSR count). The third kappa shape index (κ3) is 4.42. The highest BCUT2D eigenvalue weighted by atomic mass is 79.9. The van der Waals surface area contributed by atoms with E-state index in [1.54, 1.807) is 36.9 Å². The van der Waals surface area contributed by atoms with Gasteiger partial charge in [0.15, 0.2) is 0 Å². The molecule has 0 spiro atoms. The lowest BCUT2D eigenvalue weighted by Gasteiger charge is -2.34. The van der Waals surface area contributed by atoms with E-state index in [9.17, 15) is 4.79 Å². The standard InChI is InChI=1S/C19H20BrN7O/c20-16-13-22-19(23-14-16)26-9-6-25(7-10-26)8-11-27-18(28)4-3-17(24-27)15-2-1-5-21-12-15/h1-5,12-14H,6-11H2. The van der Waals surface area contributed by atoms with Crippen LogP contribution in [0.3, 0.4) is 0 Å². The van der Waals surface area contributed by atoms with Gasteiger partial charge in [-0.1, -0.05) is 0 Å². The average Bonchev–Trinajstić information content (AvgIpc) is 2.75. The first kappa shape index (κ1) is 18.7. The number of nitrogens with zero attached hydrogens (tertiary/aromatic N) is 7. The summed E-state index contributed by atoms with van der Waals surface area (Å²) in [6, 6.07) is 7.11. The minimum atomic E-state index is -0.0884. The molecule has 0 aliphatic carbocycles. The molecule has 0 bridgehead atoms. The molecule has 8 nitrogen and oxygen atoms in total. The maximum atomic E-state index is 12.2. The van der Waals surface area contributed by atoms with Gasteiger partial charge in [0.1, 0.15) is 0 Å². The van der Waals surface area contributed by atoms with E-state index in [4.69, 9.17) is 0 Å². The highest BCUT2D eigenvalue weighted by Gasteiger charge is 2.19. The van der Waals surface area contributed by atoms with Gasteiger partial charge in [0, 0.05) is 69.1 Å². The zero-order chi connectivity index (χ0) is 19.3. The van der Waals surface area contributed by atoms with Gasteiger partial charge in [-0.15, -0.1) is 0 Å². The van der Waals surface area contributed by atoms with E-state index < -0.39 is 0 Å². The van der Waals surface area contributed by atoms with Crippen molar-refractivity contribution in [3.63, 3.8) is 0 Å². The van der Waals surface area contributed by atoms with E-state index in [2.05, 4.69) is 45.8 Å². The third-order valence-electron chi connectivity index (χ3n) is 4.71. The maximum Gasteiger partial charge on any atom is 0.266 e. The fraction of sp³-hybridized carbons (Fsp3) is 0.316. The van der Waals surface area contributed by atoms with E-state index in [1.165, 1.54) is 4.68 Å². The van der Waals surface area contributed by atoms with E-state index in [0.29, 0.717) is 6.54 Å². The number of hydrogen-bond acceptors (Lipinski definition) is 7. The van der Waals surface area contributed by atoms with E-state index >= 15 is 0 Å². The van der Waals surface area contributed by atoms with Gasteiger partial charge in [-0.3, -0.25) is 14.7 Å². The number of pyridine rings is 1. The van der Waals surface area contributed by atoms with Crippen LogP contribution in [0.1, 0.15) is 0 Å². The first-order valence-corrected chi connectivity index (χ1v) is 9.92. The summed E-state index contributed by atoms with van der Waals surface area (Å²) in [5.41, 5.74) is 1.57. The number of piperazine rings is 1. The van der Waals surface area contributed by atoms with Crippen molar-refractivity contribution in [1.82, 2.24) is 29.6 Å². The smallest absolute Gasteiger partial charge is 0.266 e. The molecule has 1 saturated heterocycles. The van der Waals surface area contributed by atoms with Gasteiger partial charge in [-0.2, -0.15) is 5.10 Å². The van der Waals surface area contributed by atoms with Crippen LogP contribution in [0.2, 0.25) is 0 Å². The molecule has 0 N–H and O–H groups in total. The lowest BCUT2D eigenvalue weighted by molar-refractivity contribution is 0.242. The molecule has 0 saturated carbocycles. The maximum absolute atomic E-state index is 12.2. The average molecular weight is 442 g/mol. The van der Waals surface area contributed by atoms with E-state index in [0.717, 1.165) is 54.4 Å². The molecule has 9 heteroatoms. The number of anilines is 1. The molecular weight excluding hydrogens is 422 g/mol. The molecular formula is C19H20BrN7O. The minimum Gasteiger partial charge on any atom is -0.338 e. The lowest BCUT2D eigenvalue weighted by atomic mass is 10.2. The molecule has 0 radical (unpaired) electrons. The van der Waals surface area contributed by atoms with Gasteiger partial charge < -0.3 is 4.90 Å². The normalized spacial score (nSPS) is 15.0. The minimum absolute atomic E-state index is 0.0884. The topological polar surface area (TPSA) is 80.0 Å². The van der Waals surface area contributed by atoms with E-state index in [1.807, 2.05) is 12.1 Å². The van der Waals surface area contributed by atoms with Crippen LogP contribution in [-0.4, -0.2) is 62.4 Å². The Hall–Kier alpha value is -2.65. The SMILES string of the molecule is O=c1ccc(-c2cccnc2)nn1CCN1CCN(c2ncc(Br)cn2)CC1. The summed E-state index contributed by atoms with van der Waals surface area (Å²) < 4.78 is 2.41. The Morgan fingerprint density at radius 2 is 1.75 bits per heavy atom. The van der Waals surface area contributed by atoms with Crippen LogP contribution in [0.25, 0.3) is 11.3 Å². The summed E-state index contributed by atoms with van der Waals surface area (Å²) in [5, 5.41) is 4.50. The Bertz CT molecular complexity index is 970. The summed E-state index contributed by atoms with van der Waals surface area (Å²) in [6.45, 7) is 4.85. The predicted octanol–water partition coefficient (Wildman–Crippen LogP) is 1.68. The molecule has 144 valence electrons. The monoisotopic (exact) mass is 441 g/mol. The lowest BCUT2D eigenvalue weighted by Crippen LogP contribution is -2.48. The van der Waals surface area contributed by atoms with Crippen molar-refractivity contribution in [2.75, 3.05) is 37.6 Å². The second-order valence-corrected chi connectivity index (χ2v) is 7.47. The Morgan fingerprint density at radius 3 is 2.46 bits per heavy atom. The quantitative estimate of drug-likeness (QED) is 0.595. The first-order chi connectivity index (χ1) is 13.7. The zero-order valence-corrected chi connectivity index (χ0v) is 16.9. The highest BCUT2D eigenvalue weighted by molar-refractivity contribution is 9.10. The van der Waals surface area contributed by atoms with Crippen molar-refractivity contribution in [3.8, 4) is 11.3 Å². The number of aromatic nitrogens is 5. The largest absolute Gasteiger partial charge is 0.338 e. The molecule has 4 heterocycles. The fourth-order valence-electron chi connectivity index (χ4n) is 3.15. The molecule has 0 unspecified atom stereocenters. The van der Waals surface area contributed by atoms with E-state index in [-0.39, 0.29) is 5.56 Å². The fourth-order valence-corrected chi connectivity index (χ4v) is 3.36. The van der Waals surface area contributed by atoms with Crippen molar-refractivity contribution < 1.29 is 0 Å². The van der Waals surface area contributed by atoms with Crippen LogP contribution in [-0.2, 0) is 6.54 Å². The van der Waals surface area contributed by atoms with Crippen LogP contribution >= 0.6 is 15.9 Å². The summed E-state index contributed by atoms with van der Waals surface area (Å²) in [7, 11) is 0. The van der Waals surface area contributed by atoms with Gasteiger partial charge in [-0.25, -0.2) is 14.6 Å². The van der Waals surface area contributed by atoms with Crippen LogP contribution in [0, 0.1) is 0 Å². The van der Waals surface area contributed by atoms with Gasteiger partial charge >= 0.3 is 0 Å². The molecule has 0 aromatic carbocycles. The molecule has 1 aliphatic rings. The Balaban J connectivity index is 1.35. The molecule has 3 aromatic rings. The van der Waals surface area contributed by atoms with Gasteiger partial charge in [-0.05, 0) is 34.1 Å². The zero-order valence-electron chi connectivity index (χ0n) is 15.3. The van der Waals surface area contributed by atoms with Crippen molar-refractivity contribution in [1.29, 1.82) is 0 Å². The van der Waals surface area contributed by atoms with Gasteiger partial charge in [0.25, 0.3) is 5.56 Å². The molecule has 1 aliphatic heterocycles. The summed E-state index contributed by atoms with van der Waals surface area (Å²) in [6.07, 6.45) is 7.00. The first-order valence-electron chi connectivity index (χ1n) is 9.12. The third-order valence-corrected chi connectivity index (χ3v) is 5.12. The second-order valence-electron chi connectivity index (χ2n) is 6.55. The number of rotatable bonds is 5. The number of hydrogen-bond donors (Lipinski definition) is 0. The van der Waals surface area contributed by atoms with Crippen LogP contribution in [0.15, 0.2) is 58.3 Å². The van der Waals surface area contributed by atoms with Crippen molar-refractivity contribution >= 4 is 21.9 Å². The Kier molecular flexibility index (Phi) is 5.73. The summed E-state index contributed by atoms with van der Waals surface area (Å²) in [4.78, 5) is 29.5. The van der Waals surface area contributed by atoms with Crippen molar-refractivity contribution in [2.24, 2.45) is 0 Å². The summed E-state index contributed by atoms with van der Waals surface area (Å²) in [5.74, 6) is 0.755. The van der Waals surface area contributed by atoms with Gasteiger partial charge in [0.05, 0.1) is 16.7 Å². The molecule has 28 heavy (non-hydrogen) atoms.